The molecule has 0 saturated carbocycles. The molecule has 0 spiro atoms. The van der Waals surface area contributed by atoms with Crippen molar-refractivity contribution in [1.82, 2.24) is 4.98 Å². The Kier molecular flexibility index (Phi) is 4.06. The summed E-state index contributed by atoms with van der Waals surface area (Å²) >= 11 is 0. The third kappa shape index (κ3) is 3.65. The number of Topliss-reactive ketones (excluding diaryl/α,β-unsaturated/α-hetero) is 1. The van der Waals surface area contributed by atoms with E-state index in [1.165, 1.54) is 18.2 Å². The summed E-state index contributed by atoms with van der Waals surface area (Å²) in [6.45, 7) is 1.66. The Morgan fingerprint density at radius 2 is 1.90 bits per heavy atom. The zero-order chi connectivity index (χ0) is 15.6. The predicted octanol–water partition coefficient (Wildman–Crippen LogP) is 3.97. The highest BCUT2D eigenvalue weighted by molar-refractivity contribution is 5.95. The van der Waals surface area contributed by atoms with Gasteiger partial charge in [-0.15, -0.1) is 0 Å². The van der Waals surface area contributed by atoms with Crippen LogP contribution in [-0.4, -0.2) is 10.8 Å². The van der Waals surface area contributed by atoms with Crippen LogP contribution in [0, 0.1) is 12.7 Å². The number of rotatable bonds is 3. The zero-order valence-corrected chi connectivity index (χ0v) is 11.0. The SMILES string of the molecule is Cc1cc(F)ccc1CC(=O)c1ccc(C(F)(F)F)cn1. The molecule has 0 radical (unpaired) electrons. The summed E-state index contributed by atoms with van der Waals surface area (Å²) in [6.07, 6.45) is -3.89. The largest absolute Gasteiger partial charge is 0.417 e. The highest BCUT2D eigenvalue weighted by atomic mass is 19.4. The number of pyridine rings is 1. The van der Waals surface area contributed by atoms with Gasteiger partial charge in [0.05, 0.1) is 5.56 Å². The van der Waals surface area contributed by atoms with Crippen molar-refractivity contribution in [3.05, 3.63) is 64.7 Å². The quantitative estimate of drug-likeness (QED) is 0.633. The van der Waals surface area contributed by atoms with E-state index in [4.69, 9.17) is 0 Å². The van der Waals surface area contributed by atoms with Crippen LogP contribution in [0.1, 0.15) is 27.2 Å². The minimum absolute atomic E-state index is 0.0372. The van der Waals surface area contributed by atoms with Gasteiger partial charge in [-0.1, -0.05) is 6.07 Å². The lowest BCUT2D eigenvalue weighted by atomic mass is 10.0. The number of ketones is 1. The normalized spacial score (nSPS) is 11.5. The van der Waals surface area contributed by atoms with E-state index in [0.717, 1.165) is 12.1 Å². The van der Waals surface area contributed by atoms with Crippen molar-refractivity contribution >= 4 is 5.78 Å². The fourth-order valence-electron chi connectivity index (χ4n) is 1.85. The first-order valence-corrected chi connectivity index (χ1v) is 6.09. The van der Waals surface area contributed by atoms with Gasteiger partial charge in [-0.2, -0.15) is 13.2 Å². The second-order valence-electron chi connectivity index (χ2n) is 4.60. The van der Waals surface area contributed by atoms with Crippen LogP contribution in [0.5, 0.6) is 0 Å². The minimum atomic E-state index is -4.48. The maximum Gasteiger partial charge on any atom is 0.417 e. The van der Waals surface area contributed by atoms with E-state index in [0.29, 0.717) is 17.3 Å². The number of aryl methyl sites for hydroxylation is 1. The number of carbonyl (C=O) groups excluding carboxylic acids is 1. The van der Waals surface area contributed by atoms with Crippen LogP contribution in [0.25, 0.3) is 0 Å². The fraction of sp³-hybridized carbons (Fsp3) is 0.200. The molecular formula is C15H11F4NO. The van der Waals surface area contributed by atoms with Crippen LogP contribution in [0.2, 0.25) is 0 Å². The average Bonchev–Trinajstić information content (AvgIpc) is 2.41. The molecule has 0 amide bonds. The van der Waals surface area contributed by atoms with Gasteiger partial charge in [0.2, 0.25) is 0 Å². The Bertz CT molecular complexity index is 662. The smallest absolute Gasteiger partial charge is 0.292 e. The van der Waals surface area contributed by atoms with Crippen LogP contribution in [-0.2, 0) is 12.6 Å². The van der Waals surface area contributed by atoms with Gasteiger partial charge in [-0.25, -0.2) is 4.39 Å². The monoisotopic (exact) mass is 297 g/mol. The van der Waals surface area contributed by atoms with Crippen molar-refractivity contribution in [2.24, 2.45) is 0 Å². The molecule has 21 heavy (non-hydrogen) atoms. The molecule has 110 valence electrons. The van der Waals surface area contributed by atoms with E-state index in [1.54, 1.807) is 6.92 Å². The van der Waals surface area contributed by atoms with E-state index in [9.17, 15) is 22.4 Å². The lowest BCUT2D eigenvalue weighted by Gasteiger charge is -2.07. The predicted molar refractivity (Wildman–Crippen MR) is 68.4 cm³/mol. The van der Waals surface area contributed by atoms with Crippen molar-refractivity contribution in [2.45, 2.75) is 19.5 Å². The molecule has 0 N–H and O–H groups in total. The third-order valence-electron chi connectivity index (χ3n) is 3.03. The van der Waals surface area contributed by atoms with Crippen molar-refractivity contribution in [2.75, 3.05) is 0 Å². The lowest BCUT2D eigenvalue weighted by Crippen LogP contribution is -2.10. The first-order chi connectivity index (χ1) is 9.77. The maximum atomic E-state index is 13.0. The number of nitrogens with zero attached hydrogens (tertiary/aromatic N) is 1. The average molecular weight is 297 g/mol. The van der Waals surface area contributed by atoms with E-state index in [-0.39, 0.29) is 12.1 Å². The Morgan fingerprint density at radius 3 is 2.43 bits per heavy atom. The molecule has 2 nitrogen and oxygen atoms in total. The Balaban J connectivity index is 2.17. The molecule has 0 aliphatic rings. The highest BCUT2D eigenvalue weighted by Gasteiger charge is 2.30. The van der Waals surface area contributed by atoms with Crippen molar-refractivity contribution in [3.63, 3.8) is 0 Å². The summed E-state index contributed by atoms with van der Waals surface area (Å²) < 4.78 is 50.2. The zero-order valence-electron chi connectivity index (χ0n) is 11.0. The Labute approximate surface area is 118 Å². The van der Waals surface area contributed by atoms with Gasteiger partial charge in [0.15, 0.2) is 5.78 Å². The second kappa shape index (κ2) is 5.63. The van der Waals surface area contributed by atoms with E-state index in [1.807, 2.05) is 0 Å². The molecule has 0 unspecified atom stereocenters. The number of hydrogen-bond donors (Lipinski definition) is 0. The number of carbonyl (C=O) groups is 1. The molecule has 2 aromatic rings. The topological polar surface area (TPSA) is 30.0 Å². The molecule has 1 aromatic heterocycles. The molecule has 0 atom stereocenters. The molecule has 0 aliphatic heterocycles. The number of halogens is 4. The molecule has 1 aromatic carbocycles. The summed E-state index contributed by atoms with van der Waals surface area (Å²) in [6, 6.07) is 5.87. The number of hydrogen-bond acceptors (Lipinski definition) is 2. The Morgan fingerprint density at radius 1 is 1.19 bits per heavy atom. The molecule has 2 rings (SSSR count). The number of benzene rings is 1. The lowest BCUT2D eigenvalue weighted by molar-refractivity contribution is -0.137. The van der Waals surface area contributed by atoms with Crippen LogP contribution >= 0.6 is 0 Å². The molecular weight excluding hydrogens is 286 g/mol. The van der Waals surface area contributed by atoms with Crippen molar-refractivity contribution in [1.29, 1.82) is 0 Å². The third-order valence-corrected chi connectivity index (χ3v) is 3.03. The first kappa shape index (κ1) is 15.2. The van der Waals surface area contributed by atoms with Gasteiger partial charge in [0, 0.05) is 12.6 Å². The second-order valence-corrected chi connectivity index (χ2v) is 4.60. The van der Waals surface area contributed by atoms with Gasteiger partial charge < -0.3 is 0 Å². The van der Waals surface area contributed by atoms with Crippen LogP contribution < -0.4 is 0 Å². The summed E-state index contributed by atoms with van der Waals surface area (Å²) in [5.74, 6) is -0.824. The summed E-state index contributed by atoms with van der Waals surface area (Å²) in [5.41, 5.74) is 0.266. The summed E-state index contributed by atoms with van der Waals surface area (Å²) in [5, 5.41) is 0. The van der Waals surface area contributed by atoms with Gasteiger partial charge in [0.1, 0.15) is 11.5 Å². The maximum absolute atomic E-state index is 13.0. The molecule has 0 fully saturated rings. The van der Waals surface area contributed by atoms with Gasteiger partial charge in [-0.3, -0.25) is 9.78 Å². The molecule has 6 heteroatoms. The number of alkyl halides is 3. The van der Waals surface area contributed by atoms with Gasteiger partial charge >= 0.3 is 6.18 Å². The summed E-state index contributed by atoms with van der Waals surface area (Å²) in [7, 11) is 0. The molecule has 0 saturated heterocycles. The van der Waals surface area contributed by atoms with Gasteiger partial charge in [-0.05, 0) is 42.3 Å². The summed E-state index contributed by atoms with van der Waals surface area (Å²) in [4.78, 5) is 15.5. The van der Waals surface area contributed by atoms with E-state index in [2.05, 4.69) is 4.98 Å². The minimum Gasteiger partial charge on any atom is -0.292 e. The molecule has 1 heterocycles. The molecule has 0 bridgehead atoms. The fourth-order valence-corrected chi connectivity index (χ4v) is 1.85. The highest BCUT2D eigenvalue weighted by Crippen LogP contribution is 2.28. The van der Waals surface area contributed by atoms with Crippen LogP contribution in [0.4, 0.5) is 17.6 Å². The van der Waals surface area contributed by atoms with Crippen molar-refractivity contribution < 1.29 is 22.4 Å². The van der Waals surface area contributed by atoms with Crippen molar-refractivity contribution in [3.8, 4) is 0 Å². The standard InChI is InChI=1S/C15H11F4NO/c1-9-6-12(16)4-2-10(9)7-14(21)13-5-3-11(8-20-13)15(17,18)19/h2-6,8H,7H2,1H3. The van der Waals surface area contributed by atoms with E-state index >= 15 is 0 Å². The van der Waals surface area contributed by atoms with Gasteiger partial charge in [0.25, 0.3) is 0 Å². The molecule has 0 aliphatic carbocycles. The van der Waals surface area contributed by atoms with Crippen LogP contribution in [0.15, 0.2) is 36.5 Å². The first-order valence-electron chi connectivity index (χ1n) is 6.09. The van der Waals surface area contributed by atoms with Crippen LogP contribution in [0.3, 0.4) is 0 Å². The Hall–Kier alpha value is -2.24. The van der Waals surface area contributed by atoms with E-state index < -0.39 is 23.3 Å². The number of aromatic nitrogens is 1.